The lowest BCUT2D eigenvalue weighted by molar-refractivity contribution is 1.10. The Morgan fingerprint density at radius 1 is 1.32 bits per heavy atom. The number of nitrogens with zero attached hydrogens (tertiary/aromatic N) is 1. The average molecular weight is 446 g/mol. The largest absolute Gasteiger partial charge is 0.382 e. The van der Waals surface area contributed by atoms with Crippen LogP contribution >= 0.6 is 49.9 Å². The molecule has 96 valence electrons. The van der Waals surface area contributed by atoms with Crippen molar-refractivity contribution in [3.8, 4) is 21.7 Å². The normalized spacial score (nSPS) is 10.8. The minimum atomic E-state index is 0.531. The monoisotopic (exact) mass is 445 g/mol. The summed E-state index contributed by atoms with van der Waals surface area (Å²) in [5, 5.41) is 9.24. The molecule has 3 N–H and O–H groups in total. The fourth-order valence-corrected chi connectivity index (χ4v) is 3.63. The van der Waals surface area contributed by atoms with Crippen LogP contribution in [0, 0.1) is 3.57 Å². The Morgan fingerprint density at radius 3 is 2.89 bits per heavy atom. The van der Waals surface area contributed by atoms with Crippen LogP contribution in [0.15, 0.2) is 40.2 Å². The minimum absolute atomic E-state index is 0.531. The van der Waals surface area contributed by atoms with Crippen LogP contribution in [0.2, 0.25) is 0 Å². The number of nitrogen functional groups attached to an aromatic ring is 1. The van der Waals surface area contributed by atoms with E-state index in [4.69, 9.17) is 5.73 Å². The van der Waals surface area contributed by atoms with Gasteiger partial charge in [-0.1, -0.05) is 22.0 Å². The van der Waals surface area contributed by atoms with Gasteiger partial charge in [0.05, 0.1) is 11.3 Å². The van der Waals surface area contributed by atoms with Crippen molar-refractivity contribution in [1.29, 1.82) is 0 Å². The highest BCUT2D eigenvalue weighted by Crippen LogP contribution is 2.40. The highest BCUT2D eigenvalue weighted by atomic mass is 127. The van der Waals surface area contributed by atoms with Crippen molar-refractivity contribution in [3.05, 3.63) is 43.8 Å². The van der Waals surface area contributed by atoms with Crippen LogP contribution in [0.3, 0.4) is 0 Å². The van der Waals surface area contributed by atoms with Gasteiger partial charge in [0.25, 0.3) is 0 Å². The summed E-state index contributed by atoms with van der Waals surface area (Å²) in [6.07, 6.45) is 0. The molecule has 0 saturated carbocycles. The molecule has 3 aromatic rings. The first kappa shape index (κ1) is 13.1. The number of nitrogens with one attached hydrogen (secondary N) is 1. The maximum Gasteiger partial charge on any atom is 0.154 e. The van der Waals surface area contributed by atoms with E-state index < -0.39 is 0 Å². The molecule has 3 rings (SSSR count). The lowest BCUT2D eigenvalue weighted by atomic mass is 10.1. The fraction of sp³-hybridized carbons (Fsp3) is 0. The molecule has 0 saturated heterocycles. The van der Waals surface area contributed by atoms with Gasteiger partial charge in [0.1, 0.15) is 0 Å². The SMILES string of the molecule is Nc1n[nH]c(-c2cc(I)ccc2Br)c1-c1cccs1. The number of nitrogens with two attached hydrogens (primary N) is 1. The highest BCUT2D eigenvalue weighted by Gasteiger charge is 2.17. The molecule has 0 atom stereocenters. The maximum absolute atomic E-state index is 6.01. The summed E-state index contributed by atoms with van der Waals surface area (Å²) in [5.74, 6) is 0.531. The van der Waals surface area contributed by atoms with Crippen LogP contribution in [0.1, 0.15) is 0 Å². The van der Waals surface area contributed by atoms with Crippen LogP contribution in [-0.2, 0) is 0 Å². The summed E-state index contributed by atoms with van der Waals surface area (Å²) in [7, 11) is 0. The summed E-state index contributed by atoms with van der Waals surface area (Å²) in [6.45, 7) is 0. The summed E-state index contributed by atoms with van der Waals surface area (Å²) >= 11 is 7.54. The third-order valence-corrected chi connectivity index (χ3v) is 5.01. The molecule has 0 fully saturated rings. The van der Waals surface area contributed by atoms with Crippen LogP contribution in [0.5, 0.6) is 0 Å². The quantitative estimate of drug-likeness (QED) is 0.559. The number of halogens is 2. The van der Waals surface area contributed by atoms with Crippen molar-refractivity contribution in [1.82, 2.24) is 10.2 Å². The second kappa shape index (κ2) is 5.26. The number of rotatable bonds is 2. The molecule has 19 heavy (non-hydrogen) atoms. The van der Waals surface area contributed by atoms with Crippen molar-refractivity contribution in [2.75, 3.05) is 5.73 Å². The van der Waals surface area contributed by atoms with Gasteiger partial charge >= 0.3 is 0 Å². The third-order valence-electron chi connectivity index (χ3n) is 2.76. The van der Waals surface area contributed by atoms with E-state index >= 15 is 0 Å². The zero-order chi connectivity index (χ0) is 13.4. The molecular formula is C13H9BrIN3S. The number of aromatic amines is 1. The Balaban J connectivity index is 2.24. The second-order valence-electron chi connectivity index (χ2n) is 3.96. The van der Waals surface area contributed by atoms with Crippen molar-refractivity contribution in [2.45, 2.75) is 0 Å². The molecule has 0 bridgehead atoms. The number of hydrogen-bond donors (Lipinski definition) is 2. The van der Waals surface area contributed by atoms with Gasteiger partial charge in [-0.25, -0.2) is 0 Å². The van der Waals surface area contributed by atoms with E-state index in [1.54, 1.807) is 11.3 Å². The van der Waals surface area contributed by atoms with Crippen molar-refractivity contribution in [3.63, 3.8) is 0 Å². The molecule has 0 aliphatic carbocycles. The molecule has 0 unspecified atom stereocenters. The maximum atomic E-state index is 6.01. The number of hydrogen-bond acceptors (Lipinski definition) is 3. The zero-order valence-corrected chi connectivity index (χ0v) is 14.2. The Bertz CT molecular complexity index is 722. The molecule has 3 nitrogen and oxygen atoms in total. The zero-order valence-electron chi connectivity index (χ0n) is 9.65. The molecule has 2 heterocycles. The molecular weight excluding hydrogens is 437 g/mol. The predicted octanol–water partition coefficient (Wildman–Crippen LogP) is 4.75. The lowest BCUT2D eigenvalue weighted by Gasteiger charge is -2.06. The first-order valence-corrected chi connectivity index (χ1v) is 8.25. The fourth-order valence-electron chi connectivity index (χ4n) is 1.91. The molecule has 1 aromatic carbocycles. The smallest absolute Gasteiger partial charge is 0.154 e. The van der Waals surface area contributed by atoms with Gasteiger partial charge in [-0.15, -0.1) is 11.3 Å². The summed E-state index contributed by atoms with van der Waals surface area (Å²) in [6, 6.07) is 10.3. The average Bonchev–Trinajstić information content (AvgIpc) is 3.01. The second-order valence-corrected chi connectivity index (χ2v) is 7.01. The van der Waals surface area contributed by atoms with E-state index in [0.717, 1.165) is 26.2 Å². The van der Waals surface area contributed by atoms with Gasteiger partial charge in [0, 0.05) is 18.5 Å². The van der Waals surface area contributed by atoms with E-state index in [1.165, 1.54) is 3.57 Å². The Hall–Kier alpha value is -0.860. The first-order valence-electron chi connectivity index (χ1n) is 5.50. The van der Waals surface area contributed by atoms with Gasteiger partial charge in [-0.05, 0) is 52.2 Å². The van der Waals surface area contributed by atoms with Gasteiger partial charge in [0.15, 0.2) is 5.82 Å². The number of H-pyrrole nitrogens is 1. The van der Waals surface area contributed by atoms with Crippen LogP contribution in [0.25, 0.3) is 21.7 Å². The third kappa shape index (κ3) is 2.44. The van der Waals surface area contributed by atoms with Crippen LogP contribution in [0.4, 0.5) is 5.82 Å². The minimum Gasteiger partial charge on any atom is -0.382 e. The van der Waals surface area contributed by atoms with E-state index in [9.17, 15) is 0 Å². The van der Waals surface area contributed by atoms with Gasteiger partial charge < -0.3 is 5.73 Å². The number of anilines is 1. The summed E-state index contributed by atoms with van der Waals surface area (Å²) in [4.78, 5) is 1.12. The molecule has 6 heteroatoms. The Labute approximate surface area is 136 Å². The van der Waals surface area contributed by atoms with Crippen molar-refractivity contribution >= 4 is 55.7 Å². The number of aromatic nitrogens is 2. The predicted molar refractivity (Wildman–Crippen MR) is 92.2 cm³/mol. The lowest BCUT2D eigenvalue weighted by Crippen LogP contribution is -1.87. The van der Waals surface area contributed by atoms with E-state index in [2.05, 4.69) is 66.9 Å². The van der Waals surface area contributed by atoms with E-state index in [-0.39, 0.29) is 0 Å². The van der Waals surface area contributed by atoms with Crippen molar-refractivity contribution < 1.29 is 0 Å². The standard InChI is InChI=1S/C13H9BrIN3S/c14-9-4-3-7(15)6-8(9)12-11(13(16)18-17-12)10-2-1-5-19-10/h1-6H,(H3,16,17,18). The van der Waals surface area contributed by atoms with Gasteiger partial charge in [0.2, 0.25) is 0 Å². The summed E-state index contributed by atoms with van der Waals surface area (Å²) in [5.41, 5.74) is 8.99. The van der Waals surface area contributed by atoms with Crippen LogP contribution in [-0.4, -0.2) is 10.2 Å². The van der Waals surface area contributed by atoms with Gasteiger partial charge in [-0.3, -0.25) is 5.10 Å². The Kier molecular flexibility index (Phi) is 3.64. The first-order chi connectivity index (χ1) is 9.16. The topological polar surface area (TPSA) is 54.7 Å². The molecule has 0 spiro atoms. The van der Waals surface area contributed by atoms with E-state index in [0.29, 0.717) is 5.82 Å². The number of thiophene rings is 1. The molecule has 0 amide bonds. The molecule has 0 radical (unpaired) electrons. The summed E-state index contributed by atoms with van der Waals surface area (Å²) < 4.78 is 2.19. The van der Waals surface area contributed by atoms with Crippen LogP contribution < -0.4 is 5.73 Å². The van der Waals surface area contributed by atoms with E-state index in [1.807, 2.05) is 17.5 Å². The molecule has 2 aromatic heterocycles. The van der Waals surface area contributed by atoms with Gasteiger partial charge in [-0.2, -0.15) is 5.10 Å². The molecule has 0 aliphatic heterocycles. The Morgan fingerprint density at radius 2 is 2.16 bits per heavy atom. The number of benzene rings is 1. The molecule has 0 aliphatic rings. The van der Waals surface area contributed by atoms with Crippen molar-refractivity contribution in [2.24, 2.45) is 0 Å². The highest BCUT2D eigenvalue weighted by molar-refractivity contribution is 14.1.